The number of amides is 2. The zero-order chi connectivity index (χ0) is 18.0. The first kappa shape index (κ1) is 16.8. The Morgan fingerprint density at radius 3 is 2.88 bits per heavy atom. The van der Waals surface area contributed by atoms with Crippen LogP contribution in [0.2, 0.25) is 0 Å². The molecule has 1 saturated carbocycles. The molecule has 9 nitrogen and oxygen atoms in total. The molecule has 132 valence electrons. The highest BCUT2D eigenvalue weighted by Crippen LogP contribution is 2.39. The Hall–Kier alpha value is -3.04. The van der Waals surface area contributed by atoms with Crippen LogP contribution in [0.25, 0.3) is 5.69 Å². The molecular weight excluding hydrogens is 331 g/mol. The zero-order valence-corrected chi connectivity index (χ0v) is 13.5. The largest absolute Gasteiger partial charge is 0.481 e. The molecule has 25 heavy (non-hydrogen) atoms. The van der Waals surface area contributed by atoms with E-state index >= 15 is 0 Å². The van der Waals surface area contributed by atoms with Gasteiger partial charge in [0.25, 0.3) is 0 Å². The number of urea groups is 1. The van der Waals surface area contributed by atoms with Crippen LogP contribution < -0.4 is 5.32 Å². The van der Waals surface area contributed by atoms with Crippen LogP contribution in [0.3, 0.4) is 0 Å². The van der Waals surface area contributed by atoms with Gasteiger partial charge < -0.3 is 15.3 Å². The normalized spacial score (nSPS) is 13.5. The molecule has 1 aromatic heterocycles. The van der Waals surface area contributed by atoms with Gasteiger partial charge in [-0.1, -0.05) is 0 Å². The molecule has 2 amide bonds. The SMILES string of the molecule is CN(CCC(=O)O)C(=O)Nc1ccc(F)c(-n2nnnc2C2CC2)c1. The van der Waals surface area contributed by atoms with Crippen molar-refractivity contribution in [3.63, 3.8) is 0 Å². The van der Waals surface area contributed by atoms with Gasteiger partial charge in [0.05, 0.1) is 6.42 Å². The van der Waals surface area contributed by atoms with Crippen LogP contribution in [0, 0.1) is 5.82 Å². The Labute approximate surface area is 142 Å². The molecule has 1 fully saturated rings. The van der Waals surface area contributed by atoms with E-state index in [0.717, 1.165) is 12.8 Å². The average molecular weight is 348 g/mol. The smallest absolute Gasteiger partial charge is 0.321 e. The number of nitrogens with zero attached hydrogens (tertiary/aromatic N) is 5. The van der Waals surface area contributed by atoms with Crippen molar-refractivity contribution in [1.29, 1.82) is 0 Å². The number of carbonyl (C=O) groups is 2. The van der Waals surface area contributed by atoms with Crippen molar-refractivity contribution in [3.8, 4) is 5.69 Å². The number of aliphatic carboxylic acids is 1. The number of nitrogens with one attached hydrogen (secondary N) is 1. The summed E-state index contributed by atoms with van der Waals surface area (Å²) in [5, 5.41) is 22.7. The summed E-state index contributed by atoms with van der Waals surface area (Å²) in [7, 11) is 1.48. The third-order valence-corrected chi connectivity index (χ3v) is 3.87. The number of halogens is 1. The lowest BCUT2D eigenvalue weighted by atomic mass is 10.2. The minimum absolute atomic E-state index is 0.0635. The second-order valence-corrected chi connectivity index (χ2v) is 5.88. The number of carboxylic acids is 1. The number of benzene rings is 1. The predicted molar refractivity (Wildman–Crippen MR) is 85.0 cm³/mol. The zero-order valence-electron chi connectivity index (χ0n) is 13.5. The van der Waals surface area contributed by atoms with Gasteiger partial charge in [-0.15, -0.1) is 5.10 Å². The van der Waals surface area contributed by atoms with Gasteiger partial charge in [-0.05, 0) is 41.5 Å². The lowest BCUT2D eigenvalue weighted by molar-refractivity contribution is -0.137. The van der Waals surface area contributed by atoms with Gasteiger partial charge in [0, 0.05) is 25.2 Å². The third kappa shape index (κ3) is 3.90. The minimum atomic E-state index is -0.991. The first-order valence-corrected chi connectivity index (χ1v) is 7.78. The number of hydrogen-bond donors (Lipinski definition) is 2. The van der Waals surface area contributed by atoms with Crippen molar-refractivity contribution >= 4 is 17.7 Å². The molecule has 0 bridgehead atoms. The molecule has 2 N–H and O–H groups in total. The van der Waals surface area contributed by atoms with E-state index in [0.29, 0.717) is 11.5 Å². The summed E-state index contributed by atoms with van der Waals surface area (Å²) in [5.74, 6) is -0.669. The summed E-state index contributed by atoms with van der Waals surface area (Å²) in [6.07, 6.45) is 1.77. The van der Waals surface area contributed by atoms with E-state index in [1.165, 1.54) is 34.8 Å². The molecule has 0 radical (unpaired) electrons. The van der Waals surface area contributed by atoms with Crippen LogP contribution in [-0.2, 0) is 4.79 Å². The van der Waals surface area contributed by atoms with Crippen LogP contribution in [0.1, 0.15) is 31.0 Å². The summed E-state index contributed by atoms with van der Waals surface area (Å²) in [6.45, 7) is 0.0635. The number of anilines is 1. The molecule has 2 aromatic rings. The van der Waals surface area contributed by atoms with Gasteiger partial charge in [-0.2, -0.15) is 4.68 Å². The average Bonchev–Trinajstić information content (AvgIpc) is 3.31. The highest BCUT2D eigenvalue weighted by molar-refractivity contribution is 5.89. The Morgan fingerprint density at radius 2 is 2.20 bits per heavy atom. The van der Waals surface area contributed by atoms with E-state index in [4.69, 9.17) is 5.11 Å². The summed E-state index contributed by atoms with van der Waals surface area (Å²) < 4.78 is 15.5. The summed E-state index contributed by atoms with van der Waals surface area (Å²) in [6, 6.07) is 3.60. The Bertz CT molecular complexity index is 804. The number of aromatic nitrogens is 4. The number of rotatable bonds is 6. The fraction of sp³-hybridized carbons (Fsp3) is 0.400. The van der Waals surface area contributed by atoms with Crippen LogP contribution in [0.15, 0.2) is 18.2 Å². The van der Waals surface area contributed by atoms with Crippen LogP contribution in [0.4, 0.5) is 14.9 Å². The first-order chi connectivity index (χ1) is 12.0. The summed E-state index contributed by atoms with van der Waals surface area (Å²) in [4.78, 5) is 23.9. The van der Waals surface area contributed by atoms with Gasteiger partial charge in [0.1, 0.15) is 11.5 Å². The van der Waals surface area contributed by atoms with Crippen molar-refractivity contribution in [2.45, 2.75) is 25.2 Å². The fourth-order valence-electron chi connectivity index (χ4n) is 2.30. The standard InChI is InChI=1S/C15H17FN6O3/c1-21(7-6-13(23)24)15(25)17-10-4-5-11(16)12(8-10)22-14(9-2-3-9)18-19-20-22/h4-5,8-9H,2-3,6-7H2,1H3,(H,17,25)(H,23,24). The van der Waals surface area contributed by atoms with Gasteiger partial charge in [-0.25, -0.2) is 9.18 Å². The first-order valence-electron chi connectivity index (χ1n) is 7.78. The third-order valence-electron chi connectivity index (χ3n) is 3.87. The Kier molecular flexibility index (Phi) is 4.59. The predicted octanol–water partition coefficient (Wildman–Crippen LogP) is 1.62. The van der Waals surface area contributed by atoms with E-state index < -0.39 is 17.8 Å². The maximum absolute atomic E-state index is 14.2. The van der Waals surface area contributed by atoms with Gasteiger partial charge in [0.15, 0.2) is 5.82 Å². The van der Waals surface area contributed by atoms with Crippen molar-refractivity contribution < 1.29 is 19.1 Å². The Morgan fingerprint density at radius 1 is 1.44 bits per heavy atom. The molecule has 1 heterocycles. The van der Waals surface area contributed by atoms with Crippen molar-refractivity contribution in [3.05, 3.63) is 29.8 Å². The van der Waals surface area contributed by atoms with Gasteiger partial charge in [0.2, 0.25) is 0 Å². The quantitative estimate of drug-likeness (QED) is 0.820. The molecule has 1 aromatic carbocycles. The lowest BCUT2D eigenvalue weighted by Crippen LogP contribution is -2.33. The molecule has 0 saturated heterocycles. The maximum Gasteiger partial charge on any atom is 0.321 e. The molecule has 10 heteroatoms. The highest BCUT2D eigenvalue weighted by atomic mass is 19.1. The number of carboxylic acid groups (broad SMARTS) is 1. The molecule has 0 unspecified atom stereocenters. The fourth-order valence-corrected chi connectivity index (χ4v) is 2.30. The minimum Gasteiger partial charge on any atom is -0.481 e. The molecule has 0 atom stereocenters. The number of tetrazole rings is 1. The molecule has 3 rings (SSSR count). The van der Waals surface area contributed by atoms with Gasteiger partial charge >= 0.3 is 12.0 Å². The highest BCUT2D eigenvalue weighted by Gasteiger charge is 2.30. The summed E-state index contributed by atoms with van der Waals surface area (Å²) >= 11 is 0. The van der Waals surface area contributed by atoms with Gasteiger partial charge in [-0.3, -0.25) is 4.79 Å². The van der Waals surface area contributed by atoms with E-state index in [1.807, 2.05) is 0 Å². The van der Waals surface area contributed by atoms with Crippen LogP contribution in [-0.4, -0.2) is 55.8 Å². The van der Waals surface area contributed by atoms with E-state index in [-0.39, 0.29) is 24.6 Å². The molecule has 1 aliphatic rings. The van der Waals surface area contributed by atoms with Crippen molar-refractivity contribution in [1.82, 2.24) is 25.1 Å². The van der Waals surface area contributed by atoms with Crippen LogP contribution >= 0.6 is 0 Å². The molecular formula is C15H17FN6O3. The van der Waals surface area contributed by atoms with E-state index in [9.17, 15) is 14.0 Å². The molecule has 0 spiro atoms. The Balaban J connectivity index is 1.76. The molecule has 0 aliphatic heterocycles. The van der Waals surface area contributed by atoms with E-state index in [1.54, 1.807) is 0 Å². The van der Waals surface area contributed by atoms with Crippen molar-refractivity contribution in [2.75, 3.05) is 18.9 Å². The number of carbonyl (C=O) groups excluding carboxylic acids is 1. The maximum atomic E-state index is 14.2. The van der Waals surface area contributed by atoms with E-state index in [2.05, 4.69) is 20.8 Å². The van der Waals surface area contributed by atoms with Crippen LogP contribution in [0.5, 0.6) is 0 Å². The topological polar surface area (TPSA) is 113 Å². The lowest BCUT2D eigenvalue weighted by Gasteiger charge is -2.17. The summed E-state index contributed by atoms with van der Waals surface area (Å²) in [5.41, 5.74) is 0.513. The van der Waals surface area contributed by atoms with Crippen molar-refractivity contribution in [2.24, 2.45) is 0 Å². The second-order valence-electron chi connectivity index (χ2n) is 5.88. The number of hydrogen-bond acceptors (Lipinski definition) is 5. The monoisotopic (exact) mass is 348 g/mol. The second kappa shape index (κ2) is 6.83. The molecule has 1 aliphatic carbocycles.